The summed E-state index contributed by atoms with van der Waals surface area (Å²) in [6, 6.07) is 34.0. The van der Waals surface area contributed by atoms with Crippen molar-refractivity contribution in [3.63, 3.8) is 0 Å². The van der Waals surface area contributed by atoms with Crippen LogP contribution >= 0.6 is 0 Å². The molecule has 2 N–H and O–H groups in total. The maximum atomic E-state index is 11.9. The summed E-state index contributed by atoms with van der Waals surface area (Å²) in [4.78, 5) is 0. The van der Waals surface area contributed by atoms with Crippen LogP contribution in [0.3, 0.4) is 0 Å². The molecule has 0 saturated heterocycles. The fraction of sp³-hybridized carbons (Fsp3) is 0.133. The molecule has 0 aliphatic carbocycles. The van der Waals surface area contributed by atoms with Crippen LogP contribution in [-0.4, -0.2) is 10.2 Å². The molecule has 0 aliphatic heterocycles. The highest BCUT2D eigenvalue weighted by Crippen LogP contribution is 2.33. The maximum absolute atomic E-state index is 11.9. The van der Waals surface area contributed by atoms with Crippen LogP contribution in [-0.2, 0) is 11.2 Å². The second-order valence-corrected chi connectivity index (χ2v) is 8.13. The van der Waals surface area contributed by atoms with Crippen LogP contribution in [0, 0.1) is 25.7 Å². The summed E-state index contributed by atoms with van der Waals surface area (Å²) >= 11 is 0. The van der Waals surface area contributed by atoms with Crippen molar-refractivity contribution in [1.82, 2.24) is 0 Å². The molecule has 0 heterocycles. The fourth-order valence-corrected chi connectivity index (χ4v) is 3.75. The van der Waals surface area contributed by atoms with Crippen molar-refractivity contribution >= 4 is 0 Å². The van der Waals surface area contributed by atoms with Gasteiger partial charge in [0, 0.05) is 22.3 Å². The van der Waals surface area contributed by atoms with Crippen molar-refractivity contribution in [3.05, 3.63) is 143 Å². The second kappa shape index (κ2) is 8.85. The Balaban J connectivity index is 1.92. The summed E-state index contributed by atoms with van der Waals surface area (Å²) in [6.07, 6.45) is 0. The van der Waals surface area contributed by atoms with Crippen LogP contribution in [0.15, 0.2) is 109 Å². The minimum absolute atomic E-state index is 0.649. The van der Waals surface area contributed by atoms with E-state index in [2.05, 4.69) is 11.8 Å². The lowest BCUT2D eigenvalue weighted by Crippen LogP contribution is -2.29. The summed E-state index contributed by atoms with van der Waals surface area (Å²) in [7, 11) is 0. The van der Waals surface area contributed by atoms with Crippen LogP contribution in [0.4, 0.5) is 0 Å². The zero-order valence-electron chi connectivity index (χ0n) is 18.3. The van der Waals surface area contributed by atoms with Crippen molar-refractivity contribution in [2.45, 2.75) is 25.0 Å². The molecule has 0 aromatic heterocycles. The Morgan fingerprint density at radius 3 is 1.03 bits per heavy atom. The van der Waals surface area contributed by atoms with E-state index in [1.54, 1.807) is 0 Å². The lowest BCUT2D eigenvalue weighted by atomic mass is 9.82. The van der Waals surface area contributed by atoms with Crippen LogP contribution in [0.1, 0.15) is 33.4 Å². The van der Waals surface area contributed by atoms with Gasteiger partial charge in [0.2, 0.25) is 0 Å². The van der Waals surface area contributed by atoms with E-state index in [0.29, 0.717) is 22.3 Å². The minimum atomic E-state index is -1.58. The topological polar surface area (TPSA) is 40.5 Å². The molecule has 2 heteroatoms. The molecule has 0 aliphatic rings. The molecule has 4 aromatic rings. The van der Waals surface area contributed by atoms with Crippen molar-refractivity contribution in [3.8, 4) is 11.8 Å². The Morgan fingerprint density at radius 1 is 0.438 bits per heavy atom. The van der Waals surface area contributed by atoms with Gasteiger partial charge >= 0.3 is 0 Å². The Bertz CT molecular complexity index is 1130. The van der Waals surface area contributed by atoms with Gasteiger partial charge < -0.3 is 10.2 Å². The normalized spacial score (nSPS) is 14.5. The molecule has 0 radical (unpaired) electrons. The Labute approximate surface area is 189 Å². The first-order chi connectivity index (χ1) is 15.4. The summed E-state index contributed by atoms with van der Waals surface area (Å²) in [5.74, 6) is 6.11. The third-order valence-electron chi connectivity index (χ3n) is 5.75. The van der Waals surface area contributed by atoms with E-state index in [9.17, 15) is 10.2 Å². The average molecular weight is 419 g/mol. The van der Waals surface area contributed by atoms with Crippen LogP contribution < -0.4 is 0 Å². The number of aryl methyl sites for hydroxylation is 2. The van der Waals surface area contributed by atoms with E-state index in [0.717, 1.165) is 11.1 Å². The summed E-state index contributed by atoms with van der Waals surface area (Å²) in [6.45, 7) is 4.01. The van der Waals surface area contributed by atoms with E-state index < -0.39 is 11.2 Å². The lowest BCUT2D eigenvalue weighted by molar-refractivity contribution is 0.133. The van der Waals surface area contributed by atoms with Gasteiger partial charge in [-0.2, -0.15) is 0 Å². The van der Waals surface area contributed by atoms with Gasteiger partial charge in [-0.15, -0.1) is 0 Å². The van der Waals surface area contributed by atoms with E-state index in [4.69, 9.17) is 0 Å². The molecular weight excluding hydrogens is 392 g/mol. The molecule has 0 bridgehead atoms. The zero-order chi connectivity index (χ0) is 22.6. The molecule has 2 unspecified atom stereocenters. The van der Waals surface area contributed by atoms with Crippen LogP contribution in [0.25, 0.3) is 0 Å². The van der Waals surface area contributed by atoms with Gasteiger partial charge in [-0.1, -0.05) is 132 Å². The highest BCUT2D eigenvalue weighted by Gasteiger charge is 2.33. The second-order valence-electron chi connectivity index (χ2n) is 8.13. The van der Waals surface area contributed by atoms with Gasteiger partial charge in [0.25, 0.3) is 0 Å². The predicted molar refractivity (Wildman–Crippen MR) is 129 cm³/mol. The largest absolute Gasteiger partial charge is 0.369 e. The van der Waals surface area contributed by atoms with Crippen molar-refractivity contribution in [2.75, 3.05) is 0 Å². The zero-order valence-corrected chi connectivity index (χ0v) is 18.3. The third-order valence-corrected chi connectivity index (χ3v) is 5.75. The summed E-state index contributed by atoms with van der Waals surface area (Å²) in [5, 5.41) is 23.7. The molecule has 158 valence electrons. The number of hydrogen-bond acceptors (Lipinski definition) is 2. The van der Waals surface area contributed by atoms with E-state index in [1.807, 2.05) is 123 Å². The Morgan fingerprint density at radius 2 is 0.719 bits per heavy atom. The molecule has 0 amide bonds. The Hall–Kier alpha value is -3.64. The number of hydrogen-bond donors (Lipinski definition) is 2. The molecule has 4 rings (SSSR count). The first-order valence-electron chi connectivity index (χ1n) is 10.7. The smallest absolute Gasteiger partial charge is 0.177 e. The van der Waals surface area contributed by atoms with E-state index in [1.165, 1.54) is 0 Å². The number of aliphatic hydroxyl groups is 2. The van der Waals surface area contributed by atoms with Crippen molar-refractivity contribution in [1.29, 1.82) is 0 Å². The lowest BCUT2D eigenvalue weighted by Gasteiger charge is -2.27. The SMILES string of the molecule is Cc1ccc(C(O)(C#CC(O)(c2ccccc2)c2ccc(C)cc2)c2ccccc2)cc1. The summed E-state index contributed by atoms with van der Waals surface area (Å²) < 4.78 is 0. The van der Waals surface area contributed by atoms with Crippen LogP contribution in [0.2, 0.25) is 0 Å². The maximum Gasteiger partial charge on any atom is 0.177 e. The summed E-state index contributed by atoms with van der Waals surface area (Å²) in [5.41, 5.74) is 1.63. The average Bonchev–Trinajstić information content (AvgIpc) is 2.84. The first kappa shape index (κ1) is 21.6. The van der Waals surface area contributed by atoms with Gasteiger partial charge in [0.05, 0.1) is 0 Å². The minimum Gasteiger partial charge on any atom is -0.369 e. The molecule has 4 aromatic carbocycles. The predicted octanol–water partition coefficient (Wildman–Crippen LogP) is 5.48. The third kappa shape index (κ3) is 4.22. The van der Waals surface area contributed by atoms with Gasteiger partial charge in [-0.3, -0.25) is 0 Å². The molecule has 2 atom stereocenters. The fourth-order valence-electron chi connectivity index (χ4n) is 3.75. The van der Waals surface area contributed by atoms with Gasteiger partial charge in [-0.25, -0.2) is 0 Å². The first-order valence-corrected chi connectivity index (χ1v) is 10.7. The van der Waals surface area contributed by atoms with Gasteiger partial charge in [-0.05, 0) is 13.8 Å². The molecule has 0 spiro atoms. The molecular formula is C30H26O2. The van der Waals surface area contributed by atoms with Gasteiger partial charge in [0.15, 0.2) is 11.2 Å². The monoisotopic (exact) mass is 418 g/mol. The van der Waals surface area contributed by atoms with Gasteiger partial charge in [0.1, 0.15) is 0 Å². The van der Waals surface area contributed by atoms with E-state index in [-0.39, 0.29) is 0 Å². The highest BCUT2D eigenvalue weighted by molar-refractivity contribution is 5.50. The number of rotatable bonds is 4. The molecule has 2 nitrogen and oxygen atoms in total. The van der Waals surface area contributed by atoms with E-state index >= 15 is 0 Å². The Kier molecular flexibility index (Phi) is 5.97. The highest BCUT2D eigenvalue weighted by atomic mass is 16.3. The quantitative estimate of drug-likeness (QED) is 0.431. The molecule has 0 fully saturated rings. The number of benzene rings is 4. The van der Waals surface area contributed by atoms with Crippen LogP contribution in [0.5, 0.6) is 0 Å². The van der Waals surface area contributed by atoms with Crippen molar-refractivity contribution in [2.24, 2.45) is 0 Å². The molecule has 32 heavy (non-hydrogen) atoms. The molecule has 0 saturated carbocycles. The van der Waals surface area contributed by atoms with Crippen molar-refractivity contribution < 1.29 is 10.2 Å². The standard InChI is InChI=1S/C30H26O2/c1-23-13-17-27(18-14-23)29(31,25-9-5-3-6-10-25)21-22-30(32,26-11-7-4-8-12-26)28-19-15-24(2)16-20-28/h3-20,31-32H,1-2H3.